The van der Waals surface area contributed by atoms with E-state index in [1.807, 2.05) is 0 Å². The number of halogens is 3. The van der Waals surface area contributed by atoms with Gasteiger partial charge >= 0.3 is 6.18 Å². The van der Waals surface area contributed by atoms with E-state index in [9.17, 15) is 13.2 Å². The lowest BCUT2D eigenvalue weighted by Crippen LogP contribution is -2.19. The van der Waals surface area contributed by atoms with Crippen molar-refractivity contribution < 1.29 is 17.9 Å². The van der Waals surface area contributed by atoms with E-state index in [1.165, 1.54) is 18.2 Å². The molecular weight excluding hydrogens is 195 g/mol. The molecule has 5 heteroatoms. The largest absolute Gasteiger partial charge is 0.484 e. The summed E-state index contributed by atoms with van der Waals surface area (Å²) in [6, 6.07) is 8.10. The van der Waals surface area contributed by atoms with Crippen LogP contribution in [0.4, 0.5) is 13.2 Å². The Kier molecular flexibility index (Phi) is 2.97. The molecule has 2 nitrogen and oxygen atoms in total. The maximum absolute atomic E-state index is 11.7. The Labute approximate surface area is 78.5 Å². The van der Waals surface area contributed by atoms with Crippen molar-refractivity contribution in [2.45, 2.75) is 6.18 Å². The Morgan fingerprint density at radius 1 is 1.43 bits per heavy atom. The van der Waals surface area contributed by atoms with Crippen LogP contribution in [0.3, 0.4) is 0 Å². The molecular formula is C9H5F3NO. The third-order valence-electron chi connectivity index (χ3n) is 1.29. The Bertz CT molecular complexity index is 354. The van der Waals surface area contributed by atoms with Gasteiger partial charge in [0.05, 0.1) is 11.6 Å². The molecule has 0 N–H and O–H groups in total. The highest BCUT2D eigenvalue weighted by Gasteiger charge is 2.28. The Morgan fingerprint density at radius 3 is 2.71 bits per heavy atom. The van der Waals surface area contributed by atoms with E-state index in [1.54, 1.807) is 6.07 Å². The summed E-state index contributed by atoms with van der Waals surface area (Å²) < 4.78 is 39.6. The van der Waals surface area contributed by atoms with Crippen LogP contribution in [0, 0.1) is 17.4 Å². The predicted octanol–water partition coefficient (Wildman–Crippen LogP) is 2.30. The van der Waals surface area contributed by atoms with Crippen molar-refractivity contribution in [1.29, 1.82) is 5.26 Å². The summed E-state index contributed by atoms with van der Waals surface area (Å²) in [5, 5.41) is 8.44. The van der Waals surface area contributed by atoms with E-state index >= 15 is 0 Å². The lowest BCUT2D eigenvalue weighted by atomic mass is 10.2. The van der Waals surface area contributed by atoms with Gasteiger partial charge in [0.1, 0.15) is 5.75 Å². The highest BCUT2D eigenvalue weighted by atomic mass is 19.4. The number of nitrogens with zero attached hydrogens (tertiary/aromatic N) is 1. The molecule has 0 heterocycles. The summed E-state index contributed by atoms with van der Waals surface area (Å²) >= 11 is 0. The first-order valence-electron chi connectivity index (χ1n) is 3.62. The van der Waals surface area contributed by atoms with Gasteiger partial charge in [-0.3, -0.25) is 0 Å². The molecule has 0 fully saturated rings. The normalized spacial score (nSPS) is 10.7. The van der Waals surface area contributed by atoms with Crippen LogP contribution in [-0.2, 0) is 0 Å². The number of alkyl halides is 3. The fourth-order valence-corrected chi connectivity index (χ4v) is 0.763. The SMILES string of the molecule is N#Cc1c[c]cc(OCC(F)(F)F)c1. The summed E-state index contributed by atoms with van der Waals surface area (Å²) in [4.78, 5) is 0. The number of hydrogen-bond donors (Lipinski definition) is 0. The Balaban J connectivity index is 2.65. The number of nitriles is 1. The number of ether oxygens (including phenoxy) is 1. The highest BCUT2D eigenvalue weighted by molar-refractivity contribution is 5.35. The highest BCUT2D eigenvalue weighted by Crippen LogP contribution is 2.18. The molecule has 1 radical (unpaired) electrons. The molecule has 0 saturated carbocycles. The molecule has 0 atom stereocenters. The summed E-state index contributed by atoms with van der Waals surface area (Å²) in [5.41, 5.74) is 0.213. The molecule has 1 aromatic rings. The topological polar surface area (TPSA) is 33.0 Å². The molecule has 0 aliphatic carbocycles. The molecule has 0 saturated heterocycles. The van der Waals surface area contributed by atoms with Crippen LogP contribution in [0.5, 0.6) is 5.75 Å². The Hall–Kier alpha value is -1.70. The van der Waals surface area contributed by atoms with Crippen molar-refractivity contribution in [3.8, 4) is 11.8 Å². The van der Waals surface area contributed by atoms with Crippen molar-refractivity contribution in [1.82, 2.24) is 0 Å². The van der Waals surface area contributed by atoms with E-state index in [-0.39, 0.29) is 11.3 Å². The minimum atomic E-state index is -4.37. The lowest BCUT2D eigenvalue weighted by Gasteiger charge is -2.08. The molecule has 0 unspecified atom stereocenters. The zero-order chi connectivity index (χ0) is 10.6. The predicted molar refractivity (Wildman–Crippen MR) is 41.5 cm³/mol. The minimum absolute atomic E-state index is 0.0126. The van der Waals surface area contributed by atoms with Gasteiger partial charge in [0.2, 0.25) is 0 Å². The Morgan fingerprint density at radius 2 is 2.14 bits per heavy atom. The van der Waals surface area contributed by atoms with Crippen molar-refractivity contribution in [2.24, 2.45) is 0 Å². The third kappa shape index (κ3) is 3.35. The quantitative estimate of drug-likeness (QED) is 0.733. The van der Waals surface area contributed by atoms with Crippen LogP contribution in [0.2, 0.25) is 0 Å². The molecule has 1 rings (SSSR count). The van der Waals surface area contributed by atoms with Gasteiger partial charge in [0.25, 0.3) is 0 Å². The molecule has 0 aliphatic rings. The second kappa shape index (κ2) is 4.01. The maximum Gasteiger partial charge on any atom is 0.422 e. The average Bonchev–Trinajstić information content (AvgIpc) is 2.14. The van der Waals surface area contributed by atoms with E-state index < -0.39 is 12.8 Å². The van der Waals surface area contributed by atoms with Crippen LogP contribution in [0.15, 0.2) is 18.2 Å². The molecule has 0 amide bonds. The van der Waals surface area contributed by atoms with Crippen LogP contribution in [0.1, 0.15) is 5.56 Å². The molecule has 0 bridgehead atoms. The van der Waals surface area contributed by atoms with Crippen LogP contribution < -0.4 is 4.74 Å². The molecule has 73 valence electrons. The second-order valence-electron chi connectivity index (χ2n) is 2.47. The smallest absolute Gasteiger partial charge is 0.422 e. The van der Waals surface area contributed by atoms with Crippen molar-refractivity contribution >= 4 is 0 Å². The summed E-state index contributed by atoms with van der Waals surface area (Å²) in [6.45, 7) is -1.37. The lowest BCUT2D eigenvalue weighted by molar-refractivity contribution is -0.153. The van der Waals surface area contributed by atoms with Crippen molar-refractivity contribution in [3.05, 3.63) is 29.8 Å². The minimum Gasteiger partial charge on any atom is -0.484 e. The van der Waals surface area contributed by atoms with E-state index in [2.05, 4.69) is 10.8 Å². The van der Waals surface area contributed by atoms with Gasteiger partial charge in [-0.25, -0.2) is 0 Å². The third-order valence-corrected chi connectivity index (χ3v) is 1.29. The van der Waals surface area contributed by atoms with Gasteiger partial charge in [-0.05, 0) is 24.3 Å². The molecule has 0 aliphatic heterocycles. The zero-order valence-electron chi connectivity index (χ0n) is 6.93. The van der Waals surface area contributed by atoms with Crippen LogP contribution in [-0.4, -0.2) is 12.8 Å². The van der Waals surface area contributed by atoms with Crippen LogP contribution >= 0.6 is 0 Å². The van der Waals surface area contributed by atoms with E-state index in [0.717, 1.165) is 0 Å². The first-order valence-corrected chi connectivity index (χ1v) is 3.62. The first-order chi connectivity index (χ1) is 6.51. The number of benzene rings is 1. The molecule has 0 aromatic heterocycles. The van der Waals surface area contributed by atoms with Gasteiger partial charge in [-0.15, -0.1) is 0 Å². The first kappa shape index (κ1) is 10.4. The van der Waals surface area contributed by atoms with Gasteiger partial charge in [-0.2, -0.15) is 18.4 Å². The van der Waals surface area contributed by atoms with E-state index in [0.29, 0.717) is 0 Å². The monoisotopic (exact) mass is 200 g/mol. The van der Waals surface area contributed by atoms with Crippen molar-refractivity contribution in [2.75, 3.05) is 6.61 Å². The standard InChI is InChI=1S/C9H5F3NO/c10-9(11,12)6-14-8-3-1-2-7(4-8)5-13/h2-4H,6H2. The second-order valence-corrected chi connectivity index (χ2v) is 2.47. The van der Waals surface area contributed by atoms with Gasteiger partial charge in [-0.1, -0.05) is 0 Å². The fraction of sp³-hybridized carbons (Fsp3) is 0.222. The van der Waals surface area contributed by atoms with Crippen molar-refractivity contribution in [3.63, 3.8) is 0 Å². The zero-order valence-corrected chi connectivity index (χ0v) is 6.93. The fourth-order valence-electron chi connectivity index (χ4n) is 0.763. The summed E-state index contributed by atoms with van der Waals surface area (Å²) in [5.74, 6) is -0.0126. The molecule has 0 spiro atoms. The number of rotatable bonds is 2. The average molecular weight is 200 g/mol. The van der Waals surface area contributed by atoms with E-state index in [4.69, 9.17) is 5.26 Å². The molecule has 1 aromatic carbocycles. The van der Waals surface area contributed by atoms with Gasteiger partial charge < -0.3 is 4.74 Å². The maximum atomic E-state index is 11.7. The van der Waals surface area contributed by atoms with Crippen LogP contribution in [0.25, 0.3) is 0 Å². The summed E-state index contributed by atoms with van der Waals surface area (Å²) in [7, 11) is 0. The van der Waals surface area contributed by atoms with Gasteiger partial charge in [0.15, 0.2) is 6.61 Å². The molecule has 14 heavy (non-hydrogen) atoms. The number of hydrogen-bond acceptors (Lipinski definition) is 2. The van der Waals surface area contributed by atoms with Gasteiger partial charge in [0, 0.05) is 0 Å². The summed E-state index contributed by atoms with van der Waals surface area (Å²) in [6.07, 6.45) is -4.37.